The summed E-state index contributed by atoms with van der Waals surface area (Å²) in [5, 5.41) is 2.45. The van der Waals surface area contributed by atoms with Crippen LogP contribution in [0.15, 0.2) is 36.4 Å². The van der Waals surface area contributed by atoms with Crippen molar-refractivity contribution < 1.29 is 4.74 Å². The van der Waals surface area contributed by atoms with E-state index in [4.69, 9.17) is 10.5 Å². The van der Waals surface area contributed by atoms with Crippen molar-refractivity contribution in [1.82, 2.24) is 0 Å². The van der Waals surface area contributed by atoms with Crippen molar-refractivity contribution in [2.75, 3.05) is 7.11 Å². The first kappa shape index (κ1) is 15.1. The average molecular weight is 292 g/mol. The van der Waals surface area contributed by atoms with Gasteiger partial charge < -0.3 is 10.5 Å². The quantitative estimate of drug-likeness (QED) is 0.906. The van der Waals surface area contributed by atoms with E-state index in [0.717, 1.165) is 5.75 Å². The number of nitrogens with two attached hydrogens (primary N) is 1. The molecular weight excluding hydrogens is 270 g/mol. The van der Waals surface area contributed by atoms with Crippen molar-refractivity contribution in [2.24, 2.45) is 11.7 Å². The van der Waals surface area contributed by atoms with Crippen molar-refractivity contribution in [3.05, 3.63) is 42.0 Å². The first-order chi connectivity index (χ1) is 9.28. The second-order valence-corrected chi connectivity index (χ2v) is 5.54. The van der Waals surface area contributed by atoms with Crippen LogP contribution in [0.4, 0.5) is 0 Å². The molecule has 3 heteroatoms. The molecule has 3 rings (SSSR count). The fourth-order valence-corrected chi connectivity index (χ4v) is 3.17. The number of hydrogen-bond donors (Lipinski definition) is 1. The van der Waals surface area contributed by atoms with Gasteiger partial charge in [-0.15, -0.1) is 12.4 Å². The zero-order valence-corrected chi connectivity index (χ0v) is 12.7. The molecule has 0 spiro atoms. The summed E-state index contributed by atoms with van der Waals surface area (Å²) in [7, 11) is 1.70. The third-order valence-corrected chi connectivity index (χ3v) is 4.36. The Kier molecular flexibility index (Phi) is 4.90. The zero-order chi connectivity index (χ0) is 13.2. The number of rotatable bonds is 3. The highest BCUT2D eigenvalue weighted by molar-refractivity contribution is 5.85. The first-order valence-electron chi connectivity index (χ1n) is 7.11. The van der Waals surface area contributed by atoms with Crippen LogP contribution in [0, 0.1) is 5.92 Å². The SMILES string of the molecule is COc1ccc2cc([C@@H](N)C3CCCC3)ccc2c1.Cl. The lowest BCUT2D eigenvalue weighted by molar-refractivity contribution is 0.415. The van der Waals surface area contributed by atoms with E-state index < -0.39 is 0 Å². The van der Waals surface area contributed by atoms with Crippen LogP contribution in [0.5, 0.6) is 5.75 Å². The molecular formula is C17H22ClNO. The average Bonchev–Trinajstić information content (AvgIpc) is 2.99. The number of methoxy groups -OCH3 is 1. The molecule has 0 aromatic heterocycles. The zero-order valence-electron chi connectivity index (χ0n) is 11.8. The molecule has 0 heterocycles. The molecule has 2 nitrogen and oxygen atoms in total. The topological polar surface area (TPSA) is 35.2 Å². The van der Waals surface area contributed by atoms with Gasteiger partial charge in [0, 0.05) is 6.04 Å². The summed E-state index contributed by atoms with van der Waals surface area (Å²) in [6.45, 7) is 0. The van der Waals surface area contributed by atoms with E-state index in [-0.39, 0.29) is 18.4 Å². The van der Waals surface area contributed by atoms with Gasteiger partial charge in [-0.2, -0.15) is 0 Å². The molecule has 0 aliphatic heterocycles. The fourth-order valence-electron chi connectivity index (χ4n) is 3.17. The van der Waals surface area contributed by atoms with E-state index in [2.05, 4.69) is 30.3 Å². The number of halogens is 1. The lowest BCUT2D eigenvalue weighted by atomic mass is 9.91. The van der Waals surface area contributed by atoms with E-state index in [1.807, 2.05) is 6.07 Å². The molecule has 1 atom stereocenters. The van der Waals surface area contributed by atoms with Crippen molar-refractivity contribution >= 4 is 23.2 Å². The largest absolute Gasteiger partial charge is 0.497 e. The summed E-state index contributed by atoms with van der Waals surface area (Å²) >= 11 is 0. The van der Waals surface area contributed by atoms with Crippen LogP contribution < -0.4 is 10.5 Å². The predicted octanol–water partition coefficient (Wildman–Crippen LogP) is 4.46. The third-order valence-electron chi connectivity index (χ3n) is 4.36. The smallest absolute Gasteiger partial charge is 0.119 e. The van der Waals surface area contributed by atoms with Gasteiger partial charge in [-0.05, 0) is 53.3 Å². The minimum Gasteiger partial charge on any atom is -0.497 e. The molecule has 1 fully saturated rings. The molecule has 1 aliphatic rings. The molecule has 2 N–H and O–H groups in total. The van der Waals surface area contributed by atoms with Crippen molar-refractivity contribution in [3.8, 4) is 5.75 Å². The number of ether oxygens (including phenoxy) is 1. The molecule has 20 heavy (non-hydrogen) atoms. The van der Waals surface area contributed by atoms with Gasteiger partial charge in [-0.3, -0.25) is 0 Å². The van der Waals surface area contributed by atoms with Gasteiger partial charge in [0.2, 0.25) is 0 Å². The second kappa shape index (κ2) is 6.47. The van der Waals surface area contributed by atoms with Crippen LogP contribution >= 0.6 is 12.4 Å². The summed E-state index contributed by atoms with van der Waals surface area (Å²) in [5.41, 5.74) is 7.69. The maximum atomic E-state index is 6.42. The standard InChI is InChI=1S/C17H21NO.ClH/c1-19-16-9-8-13-10-15(7-6-14(13)11-16)17(18)12-4-2-3-5-12;/h6-12,17H,2-5,18H2,1H3;1H/t17-;/m0./s1. The number of hydrogen-bond acceptors (Lipinski definition) is 2. The van der Waals surface area contributed by atoms with Gasteiger partial charge in [0.05, 0.1) is 7.11 Å². The lowest BCUT2D eigenvalue weighted by Crippen LogP contribution is -2.18. The number of fused-ring (bicyclic) bond motifs is 1. The minimum absolute atomic E-state index is 0. The Hall–Kier alpha value is -1.25. The van der Waals surface area contributed by atoms with Gasteiger partial charge in [-0.25, -0.2) is 0 Å². The summed E-state index contributed by atoms with van der Waals surface area (Å²) in [4.78, 5) is 0. The molecule has 2 aromatic carbocycles. The maximum absolute atomic E-state index is 6.42. The van der Waals surface area contributed by atoms with Crippen LogP contribution in [0.2, 0.25) is 0 Å². The van der Waals surface area contributed by atoms with Crippen LogP contribution in [-0.2, 0) is 0 Å². The summed E-state index contributed by atoms with van der Waals surface area (Å²) in [6.07, 6.45) is 5.23. The Balaban J connectivity index is 0.00000147. The van der Waals surface area contributed by atoms with E-state index in [0.29, 0.717) is 5.92 Å². The normalized spacial score (nSPS) is 16.9. The van der Waals surface area contributed by atoms with Crippen molar-refractivity contribution in [3.63, 3.8) is 0 Å². The summed E-state index contributed by atoms with van der Waals surface area (Å²) in [6, 6.07) is 12.9. The Morgan fingerprint density at radius 2 is 1.70 bits per heavy atom. The van der Waals surface area contributed by atoms with Crippen LogP contribution in [0.3, 0.4) is 0 Å². The molecule has 2 aromatic rings. The highest BCUT2D eigenvalue weighted by Gasteiger charge is 2.23. The Bertz CT molecular complexity index is 578. The molecule has 0 unspecified atom stereocenters. The van der Waals surface area contributed by atoms with Crippen LogP contribution in [-0.4, -0.2) is 7.11 Å². The first-order valence-corrected chi connectivity index (χ1v) is 7.11. The molecule has 0 amide bonds. The maximum Gasteiger partial charge on any atom is 0.119 e. The van der Waals surface area contributed by atoms with Gasteiger partial charge in [0.1, 0.15) is 5.75 Å². The van der Waals surface area contributed by atoms with Crippen molar-refractivity contribution in [1.29, 1.82) is 0 Å². The van der Waals surface area contributed by atoms with Gasteiger partial charge in [0.25, 0.3) is 0 Å². The fraction of sp³-hybridized carbons (Fsp3) is 0.412. The second-order valence-electron chi connectivity index (χ2n) is 5.54. The lowest BCUT2D eigenvalue weighted by Gasteiger charge is -2.19. The minimum atomic E-state index is 0. The van der Waals surface area contributed by atoms with Gasteiger partial charge in [-0.1, -0.05) is 31.0 Å². The molecule has 108 valence electrons. The molecule has 0 saturated heterocycles. The monoisotopic (exact) mass is 291 g/mol. The highest BCUT2D eigenvalue weighted by Crippen LogP contribution is 2.35. The van der Waals surface area contributed by atoms with Crippen LogP contribution in [0.25, 0.3) is 10.8 Å². The van der Waals surface area contributed by atoms with Crippen LogP contribution in [0.1, 0.15) is 37.3 Å². The van der Waals surface area contributed by atoms with E-state index >= 15 is 0 Å². The summed E-state index contributed by atoms with van der Waals surface area (Å²) < 4.78 is 5.26. The molecule has 1 saturated carbocycles. The van der Waals surface area contributed by atoms with E-state index in [9.17, 15) is 0 Å². The summed E-state index contributed by atoms with van der Waals surface area (Å²) in [5.74, 6) is 1.57. The Morgan fingerprint density at radius 1 is 1.05 bits per heavy atom. The number of benzene rings is 2. The van der Waals surface area contributed by atoms with Gasteiger partial charge in [0.15, 0.2) is 0 Å². The predicted molar refractivity (Wildman–Crippen MR) is 86.6 cm³/mol. The van der Waals surface area contributed by atoms with Crippen molar-refractivity contribution in [2.45, 2.75) is 31.7 Å². The van der Waals surface area contributed by atoms with E-state index in [1.54, 1.807) is 7.11 Å². The molecule has 0 bridgehead atoms. The van der Waals surface area contributed by atoms with E-state index in [1.165, 1.54) is 42.0 Å². The van der Waals surface area contributed by atoms with Gasteiger partial charge >= 0.3 is 0 Å². The molecule has 0 radical (unpaired) electrons. The molecule has 1 aliphatic carbocycles. The Labute approximate surface area is 126 Å². The third kappa shape index (κ3) is 2.92. The highest BCUT2D eigenvalue weighted by atomic mass is 35.5. The Morgan fingerprint density at radius 3 is 2.40 bits per heavy atom.